The van der Waals surface area contributed by atoms with Gasteiger partial charge in [0.2, 0.25) is 5.91 Å². The molecule has 0 aliphatic rings. The summed E-state index contributed by atoms with van der Waals surface area (Å²) in [4.78, 5) is 39.7. The zero-order valence-corrected chi connectivity index (χ0v) is 13.7. The molecule has 2 heterocycles. The highest BCUT2D eigenvalue weighted by molar-refractivity contribution is 8.02. The van der Waals surface area contributed by atoms with E-state index in [0.717, 1.165) is 23.1 Å². The van der Waals surface area contributed by atoms with E-state index in [9.17, 15) is 19.6 Å². The van der Waals surface area contributed by atoms with E-state index in [0.29, 0.717) is 9.90 Å². The van der Waals surface area contributed by atoms with E-state index in [2.05, 4.69) is 15.3 Å². The van der Waals surface area contributed by atoms with Crippen LogP contribution in [0.2, 0.25) is 0 Å². The first kappa shape index (κ1) is 16.0. The summed E-state index contributed by atoms with van der Waals surface area (Å²) in [5, 5.41) is 12.0. The van der Waals surface area contributed by atoms with Crippen molar-refractivity contribution < 1.29 is 4.79 Å². The highest BCUT2D eigenvalue weighted by atomic mass is 32.2. The van der Waals surface area contributed by atoms with Crippen molar-refractivity contribution in [3.05, 3.63) is 56.7 Å². The summed E-state index contributed by atoms with van der Waals surface area (Å²) in [7, 11) is 0. The second-order valence-electron chi connectivity index (χ2n) is 4.69. The largest absolute Gasteiger partial charge is 0.326 e. The quantitative estimate of drug-likeness (QED) is 0.615. The van der Waals surface area contributed by atoms with Crippen LogP contribution in [0, 0.1) is 11.3 Å². The molecule has 1 aromatic carbocycles. The van der Waals surface area contributed by atoms with Crippen molar-refractivity contribution in [3.8, 4) is 6.07 Å². The number of thiophene rings is 1. The van der Waals surface area contributed by atoms with Crippen LogP contribution in [0.25, 0.3) is 10.2 Å². The number of nitrogens with zero attached hydrogens (tertiary/aromatic N) is 1. The Hall–Kier alpha value is -2.83. The van der Waals surface area contributed by atoms with Crippen LogP contribution in [0.4, 0.5) is 5.69 Å². The van der Waals surface area contributed by atoms with Crippen molar-refractivity contribution in [2.45, 2.75) is 4.21 Å². The predicted octanol–water partition coefficient (Wildman–Crippen LogP) is 1.88. The van der Waals surface area contributed by atoms with E-state index in [1.54, 1.807) is 12.1 Å². The lowest BCUT2D eigenvalue weighted by molar-refractivity contribution is -0.113. The van der Waals surface area contributed by atoms with Crippen LogP contribution in [0.3, 0.4) is 0 Å². The predicted molar refractivity (Wildman–Crippen MR) is 93.6 cm³/mol. The van der Waals surface area contributed by atoms with E-state index in [1.165, 1.54) is 0 Å². The number of carbonyl (C=O) groups is 1. The molecule has 0 bridgehead atoms. The summed E-state index contributed by atoms with van der Waals surface area (Å²) >= 11 is 2.23. The van der Waals surface area contributed by atoms with Crippen molar-refractivity contribution in [2.75, 3.05) is 11.1 Å². The molecule has 3 aromatic rings. The number of nitriles is 1. The fraction of sp³-hybridized carbons (Fsp3) is 0.0667. The van der Waals surface area contributed by atoms with Crippen LogP contribution in [-0.4, -0.2) is 21.6 Å². The number of benzene rings is 1. The number of H-pyrrole nitrogens is 2. The summed E-state index contributed by atoms with van der Waals surface area (Å²) < 4.78 is 0.778. The lowest BCUT2D eigenvalue weighted by atomic mass is 10.3. The van der Waals surface area contributed by atoms with Gasteiger partial charge in [-0.1, -0.05) is 18.2 Å². The van der Waals surface area contributed by atoms with Crippen molar-refractivity contribution in [3.63, 3.8) is 0 Å². The van der Waals surface area contributed by atoms with Crippen molar-refractivity contribution in [1.29, 1.82) is 5.26 Å². The fourth-order valence-corrected chi connectivity index (χ4v) is 4.17. The van der Waals surface area contributed by atoms with Crippen LogP contribution >= 0.6 is 23.1 Å². The molecule has 0 aliphatic carbocycles. The number of hydrogen-bond donors (Lipinski definition) is 3. The van der Waals surface area contributed by atoms with Gasteiger partial charge in [0.1, 0.15) is 16.3 Å². The second kappa shape index (κ2) is 6.74. The molecule has 0 fully saturated rings. The van der Waals surface area contributed by atoms with Gasteiger partial charge in [0.15, 0.2) is 0 Å². The first-order valence-electron chi connectivity index (χ1n) is 6.75. The van der Waals surface area contributed by atoms with Crippen LogP contribution in [0.1, 0.15) is 5.56 Å². The third kappa shape index (κ3) is 3.24. The maximum absolute atomic E-state index is 12.0. The zero-order chi connectivity index (χ0) is 17.1. The number of anilines is 1. The molecule has 0 atom stereocenters. The second-order valence-corrected chi connectivity index (χ2v) is 6.96. The van der Waals surface area contributed by atoms with Gasteiger partial charge >= 0.3 is 5.69 Å². The van der Waals surface area contributed by atoms with Gasteiger partial charge in [-0.3, -0.25) is 14.6 Å². The monoisotopic (exact) mass is 358 g/mol. The van der Waals surface area contributed by atoms with Gasteiger partial charge in [0.25, 0.3) is 5.56 Å². The summed E-state index contributed by atoms with van der Waals surface area (Å²) in [6.07, 6.45) is 0. The van der Waals surface area contributed by atoms with E-state index < -0.39 is 11.2 Å². The Morgan fingerprint density at radius 1 is 1.25 bits per heavy atom. The standard InChI is InChI=1S/C15H10N4O3S2/c16-6-9-11-12(13(21)19-15(22)18-11)24-14(9)23-7-10(20)17-8-4-2-1-3-5-8/h1-5H,7H2,(H,17,20)(H2,18,19,21,22). The van der Waals surface area contributed by atoms with Crippen molar-refractivity contribution in [2.24, 2.45) is 0 Å². The van der Waals surface area contributed by atoms with Gasteiger partial charge in [-0.05, 0) is 12.1 Å². The lowest BCUT2D eigenvalue weighted by Gasteiger charge is -2.03. The normalized spacial score (nSPS) is 10.5. The summed E-state index contributed by atoms with van der Waals surface area (Å²) in [5.41, 5.74) is -0.116. The topological polar surface area (TPSA) is 119 Å². The molecule has 7 nitrogen and oxygen atoms in total. The zero-order valence-electron chi connectivity index (χ0n) is 12.1. The number of amides is 1. The summed E-state index contributed by atoms with van der Waals surface area (Å²) in [6, 6.07) is 11.0. The Bertz CT molecular complexity index is 1060. The highest BCUT2D eigenvalue weighted by Gasteiger charge is 2.17. The minimum Gasteiger partial charge on any atom is -0.325 e. The number of rotatable bonds is 4. The molecule has 0 saturated heterocycles. The molecule has 1 amide bonds. The maximum Gasteiger partial charge on any atom is 0.326 e. The Morgan fingerprint density at radius 2 is 2.00 bits per heavy atom. The smallest absolute Gasteiger partial charge is 0.325 e. The fourth-order valence-electron chi connectivity index (χ4n) is 2.05. The Labute approximate surface area is 143 Å². The molecule has 0 aliphatic heterocycles. The van der Waals surface area contributed by atoms with Gasteiger partial charge in [0, 0.05) is 5.69 Å². The average molecular weight is 358 g/mol. The molecule has 3 rings (SSSR count). The van der Waals surface area contributed by atoms with Gasteiger partial charge in [-0.25, -0.2) is 4.79 Å². The van der Waals surface area contributed by atoms with E-state index in [-0.39, 0.29) is 27.4 Å². The van der Waals surface area contributed by atoms with Gasteiger partial charge in [-0.15, -0.1) is 23.1 Å². The minimum atomic E-state index is -0.667. The van der Waals surface area contributed by atoms with Crippen molar-refractivity contribution in [1.82, 2.24) is 9.97 Å². The van der Waals surface area contributed by atoms with E-state index in [4.69, 9.17) is 0 Å². The molecule has 0 spiro atoms. The van der Waals surface area contributed by atoms with E-state index >= 15 is 0 Å². The van der Waals surface area contributed by atoms with Gasteiger partial charge in [0.05, 0.1) is 15.5 Å². The Morgan fingerprint density at radius 3 is 2.71 bits per heavy atom. The molecule has 3 N–H and O–H groups in total. The molecule has 2 aromatic heterocycles. The number of hydrogen-bond acceptors (Lipinski definition) is 6. The Kier molecular flexibility index (Phi) is 4.50. The molecular weight excluding hydrogens is 348 g/mol. The molecular formula is C15H10N4O3S2. The number of nitrogens with one attached hydrogen (secondary N) is 3. The van der Waals surface area contributed by atoms with Crippen molar-refractivity contribution >= 4 is 44.9 Å². The Balaban J connectivity index is 1.82. The molecule has 0 saturated carbocycles. The van der Waals surface area contributed by atoms with Crippen LogP contribution in [0.15, 0.2) is 44.1 Å². The first-order valence-corrected chi connectivity index (χ1v) is 8.55. The number of aromatic amines is 2. The number of carbonyl (C=O) groups excluding carboxylic acids is 1. The van der Waals surface area contributed by atoms with Gasteiger partial charge in [-0.2, -0.15) is 5.26 Å². The lowest BCUT2D eigenvalue weighted by Crippen LogP contribution is -2.20. The minimum absolute atomic E-state index is 0.0819. The average Bonchev–Trinajstić information content (AvgIpc) is 2.91. The maximum atomic E-state index is 12.0. The van der Waals surface area contributed by atoms with Crippen LogP contribution in [-0.2, 0) is 4.79 Å². The summed E-state index contributed by atoms with van der Waals surface area (Å²) in [5.74, 6) is -0.145. The molecule has 24 heavy (non-hydrogen) atoms. The number of thioether (sulfide) groups is 1. The van der Waals surface area contributed by atoms with Crippen LogP contribution in [0.5, 0.6) is 0 Å². The van der Waals surface area contributed by atoms with Crippen LogP contribution < -0.4 is 16.6 Å². The number of para-hydroxylation sites is 1. The summed E-state index contributed by atoms with van der Waals surface area (Å²) in [6.45, 7) is 0. The number of fused-ring (bicyclic) bond motifs is 1. The third-order valence-corrected chi connectivity index (χ3v) is 5.51. The molecule has 0 unspecified atom stereocenters. The van der Waals surface area contributed by atoms with Gasteiger partial charge < -0.3 is 10.3 Å². The molecule has 9 heteroatoms. The number of aromatic nitrogens is 2. The molecule has 120 valence electrons. The third-order valence-electron chi connectivity index (χ3n) is 3.05. The first-order chi connectivity index (χ1) is 11.6. The highest BCUT2D eigenvalue weighted by Crippen LogP contribution is 2.34. The molecule has 0 radical (unpaired) electrons. The van der Waals surface area contributed by atoms with E-state index in [1.807, 2.05) is 24.3 Å². The SMILES string of the molecule is N#Cc1c(SCC(=O)Nc2ccccc2)sc2c(=O)[nH]c(=O)[nH]c12.